The maximum absolute atomic E-state index is 8.72. The van der Waals surface area contributed by atoms with E-state index >= 15 is 0 Å². The number of hydrogen-bond acceptors (Lipinski definition) is 2. The van der Waals surface area contributed by atoms with Gasteiger partial charge < -0.3 is 4.74 Å². The van der Waals surface area contributed by atoms with Crippen molar-refractivity contribution in [2.24, 2.45) is 0 Å². The van der Waals surface area contributed by atoms with E-state index in [1.165, 1.54) is 6.26 Å². The van der Waals surface area contributed by atoms with E-state index < -0.39 is 0 Å². The van der Waals surface area contributed by atoms with Gasteiger partial charge in [0.1, 0.15) is 5.75 Å². The van der Waals surface area contributed by atoms with Crippen LogP contribution in [0.3, 0.4) is 0 Å². The molecule has 0 aliphatic carbocycles. The Kier molecular flexibility index (Phi) is 3.23. The Hall–Kier alpha value is -2.53. The average Bonchev–Trinajstić information content (AvgIpc) is 2.40. The van der Waals surface area contributed by atoms with Gasteiger partial charge in [-0.25, -0.2) is 0 Å². The van der Waals surface area contributed by atoms with Crippen molar-refractivity contribution in [2.45, 2.75) is 0 Å². The molecule has 17 heavy (non-hydrogen) atoms. The Morgan fingerprint density at radius 3 is 1.94 bits per heavy atom. The molecule has 0 unspecified atom stereocenters. The van der Waals surface area contributed by atoms with Crippen LogP contribution in [0, 0.1) is 11.3 Å². The van der Waals surface area contributed by atoms with Crippen LogP contribution >= 0.6 is 0 Å². The predicted octanol–water partition coefficient (Wildman–Crippen LogP) is 3.75. The summed E-state index contributed by atoms with van der Waals surface area (Å²) in [4.78, 5) is 0. The smallest absolute Gasteiger partial charge is 0.126 e. The van der Waals surface area contributed by atoms with Gasteiger partial charge in [0.2, 0.25) is 0 Å². The lowest BCUT2D eigenvalue weighted by Crippen LogP contribution is -1.82. The number of nitrogens with zero attached hydrogens (tertiary/aromatic N) is 1. The predicted molar refractivity (Wildman–Crippen MR) is 67.4 cm³/mol. The molecule has 0 amide bonds. The number of benzene rings is 2. The van der Waals surface area contributed by atoms with Crippen molar-refractivity contribution in [3.8, 4) is 22.9 Å². The highest BCUT2D eigenvalue weighted by atomic mass is 16.5. The summed E-state index contributed by atoms with van der Waals surface area (Å²) in [6.07, 6.45) is 1.40. The van der Waals surface area contributed by atoms with Gasteiger partial charge in [-0.05, 0) is 35.4 Å². The van der Waals surface area contributed by atoms with Crippen LogP contribution in [0.4, 0.5) is 0 Å². The monoisotopic (exact) mass is 221 g/mol. The van der Waals surface area contributed by atoms with Crippen molar-refractivity contribution >= 4 is 0 Å². The van der Waals surface area contributed by atoms with Crippen LogP contribution in [-0.2, 0) is 0 Å². The number of nitriles is 1. The molecule has 0 radical (unpaired) electrons. The van der Waals surface area contributed by atoms with Gasteiger partial charge in [0.15, 0.2) is 0 Å². The topological polar surface area (TPSA) is 33.0 Å². The summed E-state index contributed by atoms with van der Waals surface area (Å²) >= 11 is 0. The maximum atomic E-state index is 8.72. The van der Waals surface area contributed by atoms with Crippen molar-refractivity contribution in [1.82, 2.24) is 0 Å². The van der Waals surface area contributed by atoms with E-state index in [-0.39, 0.29) is 0 Å². The fourth-order valence-electron chi connectivity index (χ4n) is 1.56. The fraction of sp³-hybridized carbons (Fsp3) is 0. The van der Waals surface area contributed by atoms with Gasteiger partial charge >= 0.3 is 0 Å². The standard InChI is InChI=1S/C15H11NO/c1-2-17-15-9-7-14(8-10-15)13-5-3-12(11-16)4-6-13/h2-10H,1H2. The lowest BCUT2D eigenvalue weighted by molar-refractivity contribution is 0.483. The van der Waals surface area contributed by atoms with Crippen LogP contribution in [0.15, 0.2) is 61.4 Å². The summed E-state index contributed by atoms with van der Waals surface area (Å²) in [6.45, 7) is 3.50. The molecule has 0 aliphatic rings. The van der Waals surface area contributed by atoms with E-state index in [1.807, 2.05) is 48.5 Å². The van der Waals surface area contributed by atoms with E-state index in [1.54, 1.807) is 0 Å². The second-order valence-electron chi connectivity index (χ2n) is 3.50. The zero-order valence-corrected chi connectivity index (χ0v) is 9.26. The van der Waals surface area contributed by atoms with E-state index in [2.05, 4.69) is 12.6 Å². The highest BCUT2D eigenvalue weighted by Crippen LogP contribution is 2.22. The van der Waals surface area contributed by atoms with Gasteiger partial charge in [-0.1, -0.05) is 30.8 Å². The third kappa shape index (κ3) is 2.53. The largest absolute Gasteiger partial charge is 0.466 e. The zero-order chi connectivity index (χ0) is 12.1. The van der Waals surface area contributed by atoms with E-state index in [9.17, 15) is 0 Å². The molecule has 2 aromatic rings. The minimum Gasteiger partial charge on any atom is -0.466 e. The molecule has 0 heterocycles. The van der Waals surface area contributed by atoms with Crippen LogP contribution < -0.4 is 4.74 Å². The molecule has 2 heteroatoms. The Morgan fingerprint density at radius 1 is 0.941 bits per heavy atom. The van der Waals surface area contributed by atoms with Gasteiger partial charge in [-0.15, -0.1) is 0 Å². The van der Waals surface area contributed by atoms with Gasteiger partial charge in [0.25, 0.3) is 0 Å². The summed E-state index contributed by atoms with van der Waals surface area (Å²) in [5.74, 6) is 0.761. The molecule has 0 aromatic heterocycles. The van der Waals surface area contributed by atoms with Crippen molar-refractivity contribution in [3.63, 3.8) is 0 Å². The first kappa shape index (κ1) is 11.0. The molecule has 0 fully saturated rings. The molecular weight excluding hydrogens is 210 g/mol. The van der Waals surface area contributed by atoms with E-state index in [0.717, 1.165) is 16.9 Å². The number of ether oxygens (including phenoxy) is 1. The SMILES string of the molecule is C=COc1ccc(-c2ccc(C#N)cc2)cc1. The van der Waals surface area contributed by atoms with Crippen LogP contribution in [0.5, 0.6) is 5.75 Å². The number of rotatable bonds is 3. The van der Waals surface area contributed by atoms with Crippen LogP contribution in [0.1, 0.15) is 5.56 Å². The average molecular weight is 221 g/mol. The first-order valence-corrected chi connectivity index (χ1v) is 5.21. The first-order valence-electron chi connectivity index (χ1n) is 5.21. The molecule has 2 nitrogen and oxygen atoms in total. The summed E-state index contributed by atoms with van der Waals surface area (Å²) in [5, 5.41) is 8.72. The third-order valence-corrected chi connectivity index (χ3v) is 2.42. The molecule has 0 N–H and O–H groups in total. The molecule has 2 aromatic carbocycles. The van der Waals surface area contributed by atoms with Crippen molar-refractivity contribution in [3.05, 3.63) is 66.9 Å². The van der Waals surface area contributed by atoms with Crippen molar-refractivity contribution in [1.29, 1.82) is 5.26 Å². The second kappa shape index (κ2) is 5.00. The molecule has 0 saturated carbocycles. The molecule has 0 bridgehead atoms. The minimum absolute atomic E-state index is 0.667. The lowest BCUT2D eigenvalue weighted by atomic mass is 10.0. The molecule has 0 spiro atoms. The van der Waals surface area contributed by atoms with E-state index in [0.29, 0.717) is 5.56 Å². The minimum atomic E-state index is 0.667. The van der Waals surface area contributed by atoms with Crippen LogP contribution in [0.25, 0.3) is 11.1 Å². The molecule has 0 saturated heterocycles. The second-order valence-corrected chi connectivity index (χ2v) is 3.50. The molecular formula is C15H11NO. The quantitative estimate of drug-likeness (QED) is 0.739. The zero-order valence-electron chi connectivity index (χ0n) is 9.26. The summed E-state index contributed by atoms with van der Waals surface area (Å²) in [7, 11) is 0. The first-order chi connectivity index (χ1) is 8.33. The lowest BCUT2D eigenvalue weighted by Gasteiger charge is -2.03. The number of hydrogen-bond donors (Lipinski definition) is 0. The third-order valence-electron chi connectivity index (χ3n) is 2.42. The highest BCUT2D eigenvalue weighted by Gasteiger charge is 1.98. The molecule has 0 aliphatic heterocycles. The highest BCUT2D eigenvalue weighted by molar-refractivity contribution is 5.64. The Labute approximate surface area is 100 Å². The summed E-state index contributed by atoms with van der Waals surface area (Å²) < 4.78 is 5.15. The van der Waals surface area contributed by atoms with Crippen molar-refractivity contribution in [2.75, 3.05) is 0 Å². The van der Waals surface area contributed by atoms with Crippen molar-refractivity contribution < 1.29 is 4.74 Å². The Balaban J connectivity index is 2.27. The Morgan fingerprint density at radius 2 is 1.47 bits per heavy atom. The maximum Gasteiger partial charge on any atom is 0.126 e. The normalized spacial score (nSPS) is 9.35. The Bertz CT molecular complexity index is 547. The van der Waals surface area contributed by atoms with E-state index in [4.69, 9.17) is 10.00 Å². The fourth-order valence-corrected chi connectivity index (χ4v) is 1.56. The molecule has 0 atom stereocenters. The molecule has 82 valence electrons. The van der Waals surface area contributed by atoms with Gasteiger partial charge in [-0.3, -0.25) is 0 Å². The van der Waals surface area contributed by atoms with Crippen LogP contribution in [-0.4, -0.2) is 0 Å². The van der Waals surface area contributed by atoms with Gasteiger partial charge in [0, 0.05) is 0 Å². The van der Waals surface area contributed by atoms with Gasteiger partial charge in [-0.2, -0.15) is 5.26 Å². The van der Waals surface area contributed by atoms with Crippen LogP contribution in [0.2, 0.25) is 0 Å². The summed E-state index contributed by atoms with van der Waals surface area (Å²) in [6, 6.07) is 17.3. The summed E-state index contributed by atoms with van der Waals surface area (Å²) in [5.41, 5.74) is 2.83. The molecule has 2 rings (SSSR count). The van der Waals surface area contributed by atoms with Gasteiger partial charge in [0.05, 0.1) is 17.9 Å².